The van der Waals surface area contributed by atoms with Crippen molar-refractivity contribution in [2.24, 2.45) is 4.99 Å². The highest BCUT2D eigenvalue weighted by atomic mass is 16.3. The number of hydrogen-bond donors (Lipinski definition) is 4. The van der Waals surface area contributed by atoms with Gasteiger partial charge in [0.1, 0.15) is 23.1 Å². The molecule has 2 bridgehead atoms. The second-order valence-electron chi connectivity index (χ2n) is 10.2. The van der Waals surface area contributed by atoms with E-state index in [1.165, 1.54) is 11.9 Å². The fourth-order valence-electron chi connectivity index (χ4n) is 4.75. The third kappa shape index (κ3) is 6.20. The van der Waals surface area contributed by atoms with Crippen LogP contribution in [0.5, 0.6) is 0 Å². The van der Waals surface area contributed by atoms with E-state index in [1.807, 2.05) is 36.4 Å². The molecule has 4 N–H and O–H groups in total. The Kier molecular flexibility index (Phi) is 7.71. The number of aromatic nitrogens is 2. The van der Waals surface area contributed by atoms with Gasteiger partial charge >= 0.3 is 0 Å². The highest BCUT2D eigenvalue weighted by Crippen LogP contribution is 2.25. The van der Waals surface area contributed by atoms with E-state index in [9.17, 15) is 9.90 Å². The number of hydrogen-bond acceptors (Lipinski definition) is 9. The van der Waals surface area contributed by atoms with Crippen molar-refractivity contribution in [3.8, 4) is 0 Å². The average molecular weight is 517 g/mol. The lowest BCUT2D eigenvalue weighted by Gasteiger charge is -2.34. The number of anilines is 4. The molecule has 3 aliphatic rings. The number of piperazine rings is 1. The summed E-state index contributed by atoms with van der Waals surface area (Å²) < 4.78 is 0. The number of carbonyl (C=O) groups is 1. The van der Waals surface area contributed by atoms with Crippen molar-refractivity contribution in [1.82, 2.24) is 20.2 Å². The number of nitrogens with one attached hydrogen (secondary N) is 3. The Morgan fingerprint density at radius 1 is 1.11 bits per heavy atom. The lowest BCUT2D eigenvalue weighted by Crippen LogP contribution is -2.44. The van der Waals surface area contributed by atoms with Crippen molar-refractivity contribution in [2.75, 3.05) is 55.3 Å². The Morgan fingerprint density at radius 3 is 2.68 bits per heavy atom. The predicted molar refractivity (Wildman–Crippen MR) is 151 cm³/mol. The molecule has 5 rings (SSSR count). The monoisotopic (exact) mass is 516 g/mol. The molecule has 0 radical (unpaired) electrons. The summed E-state index contributed by atoms with van der Waals surface area (Å²) in [6.45, 7) is 6.30. The molecule has 1 fully saturated rings. The summed E-state index contributed by atoms with van der Waals surface area (Å²) in [5, 5.41) is 20.5. The molecule has 10 heteroatoms. The smallest absolute Gasteiger partial charge is 0.256 e. The van der Waals surface area contributed by atoms with Crippen molar-refractivity contribution in [3.63, 3.8) is 0 Å². The Morgan fingerprint density at radius 2 is 1.89 bits per heavy atom. The zero-order chi connectivity index (χ0) is 26.5. The van der Waals surface area contributed by atoms with Crippen LogP contribution in [-0.2, 0) is 0 Å². The van der Waals surface area contributed by atoms with Crippen LogP contribution in [0.2, 0.25) is 0 Å². The van der Waals surface area contributed by atoms with Crippen LogP contribution in [-0.4, -0.2) is 83.1 Å². The zero-order valence-corrected chi connectivity index (χ0v) is 22.0. The third-order valence-corrected chi connectivity index (χ3v) is 7.16. The number of fused-ring (bicyclic) bond motifs is 2. The van der Waals surface area contributed by atoms with E-state index in [4.69, 9.17) is 4.99 Å². The van der Waals surface area contributed by atoms with Crippen molar-refractivity contribution in [1.29, 1.82) is 0 Å². The van der Waals surface area contributed by atoms with Gasteiger partial charge in [0, 0.05) is 56.7 Å². The van der Waals surface area contributed by atoms with Gasteiger partial charge in [-0.1, -0.05) is 18.2 Å². The highest BCUT2D eigenvalue weighted by Gasteiger charge is 2.28. The second-order valence-corrected chi connectivity index (χ2v) is 10.2. The van der Waals surface area contributed by atoms with Crippen LogP contribution in [0.4, 0.5) is 23.1 Å². The maximum Gasteiger partial charge on any atom is 0.256 e. The molecule has 2 atom stereocenters. The lowest BCUT2D eigenvalue weighted by atomic mass is 9.92. The van der Waals surface area contributed by atoms with Gasteiger partial charge < -0.3 is 30.9 Å². The molecule has 1 saturated heterocycles. The Balaban J connectivity index is 1.37. The van der Waals surface area contributed by atoms with E-state index in [2.05, 4.69) is 54.9 Å². The fourth-order valence-corrected chi connectivity index (χ4v) is 4.75. The van der Waals surface area contributed by atoms with Gasteiger partial charge in [-0.15, -0.1) is 0 Å². The van der Waals surface area contributed by atoms with E-state index in [1.54, 1.807) is 6.92 Å². The van der Waals surface area contributed by atoms with E-state index >= 15 is 0 Å². The van der Waals surface area contributed by atoms with Crippen molar-refractivity contribution < 1.29 is 9.90 Å². The van der Waals surface area contributed by atoms with Crippen LogP contribution >= 0.6 is 0 Å². The first-order chi connectivity index (χ1) is 18.4. The molecule has 0 aliphatic carbocycles. The number of carbonyl (C=O) groups excluding carboxylic acids is 1. The molecule has 10 nitrogen and oxygen atoms in total. The molecule has 0 saturated carbocycles. The summed E-state index contributed by atoms with van der Waals surface area (Å²) in [4.78, 5) is 31.5. The average Bonchev–Trinajstić information content (AvgIpc) is 2.91. The fraction of sp³-hybridized carbons (Fsp3) is 0.429. The van der Waals surface area contributed by atoms with Crippen LogP contribution in [0.25, 0.3) is 0 Å². The van der Waals surface area contributed by atoms with Crippen molar-refractivity contribution >= 4 is 34.8 Å². The van der Waals surface area contributed by atoms with Crippen LogP contribution in [0.1, 0.15) is 36.5 Å². The zero-order valence-electron chi connectivity index (χ0n) is 22.0. The number of aliphatic hydroxyl groups is 1. The van der Waals surface area contributed by atoms with Crippen LogP contribution < -0.4 is 20.9 Å². The van der Waals surface area contributed by atoms with Crippen LogP contribution in [0.15, 0.2) is 59.8 Å². The van der Waals surface area contributed by atoms with Crippen LogP contribution in [0.3, 0.4) is 0 Å². The minimum absolute atomic E-state index is 0.264. The standard InChI is InChI=1S/C28H36N8O2/c1-28(38)13-4-3-5-14-29-26(37)22-19-30-27(34-25(22)33-24-8-6-7-23(28)32-24)31-20-9-11-21(12-10-20)36-17-15-35(2)16-18-36/h3,5-7,9-12,19,24,38H,4,8,13-18H2,1-2H3,(H,29,37)(H2,30,31,33,34)/b5-3-. The molecule has 200 valence electrons. The number of allylic oxidation sites excluding steroid dienone is 1. The molecular weight excluding hydrogens is 480 g/mol. The molecule has 1 aromatic heterocycles. The maximum absolute atomic E-state index is 12.9. The van der Waals surface area contributed by atoms with Gasteiger partial charge in [-0.3, -0.25) is 9.79 Å². The summed E-state index contributed by atoms with van der Waals surface area (Å²) in [5.41, 5.74) is 1.95. The summed E-state index contributed by atoms with van der Waals surface area (Å²) in [6, 6.07) is 8.23. The highest BCUT2D eigenvalue weighted by molar-refractivity contribution is 6.02. The number of aliphatic imine (C=N–C) groups is 1. The lowest BCUT2D eigenvalue weighted by molar-refractivity contribution is 0.0957. The second kappa shape index (κ2) is 11.3. The van der Waals surface area contributed by atoms with Crippen molar-refractivity contribution in [2.45, 2.75) is 38.0 Å². The largest absolute Gasteiger partial charge is 0.384 e. The topological polar surface area (TPSA) is 118 Å². The van der Waals surface area contributed by atoms with Gasteiger partial charge in [-0.25, -0.2) is 4.98 Å². The number of likely N-dealkylation sites (N-methyl/N-ethyl adjacent to an activating group) is 1. The molecule has 0 spiro atoms. The van der Waals surface area contributed by atoms with Gasteiger partial charge in [-0.05, 0) is 57.2 Å². The molecule has 1 amide bonds. The molecule has 4 heterocycles. The maximum atomic E-state index is 12.9. The summed E-state index contributed by atoms with van der Waals surface area (Å²) in [7, 11) is 2.15. The summed E-state index contributed by atoms with van der Waals surface area (Å²) in [6.07, 6.45) is 10.7. The van der Waals surface area contributed by atoms with E-state index in [-0.39, 0.29) is 12.1 Å². The molecule has 38 heavy (non-hydrogen) atoms. The molecule has 2 aromatic rings. The number of rotatable bonds is 3. The normalized spacial score (nSPS) is 25.3. The quantitative estimate of drug-likeness (QED) is 0.460. The Bertz CT molecular complexity index is 1230. The van der Waals surface area contributed by atoms with Gasteiger partial charge in [0.05, 0.1) is 5.71 Å². The first-order valence-corrected chi connectivity index (χ1v) is 13.2. The molecule has 2 unspecified atom stereocenters. The SMILES string of the molecule is CN1CCN(c2ccc(Nc3ncc4c(n3)NC3CC=CC(=N3)C(C)(O)CC/C=C\CNC4=O)cc2)CC1. The number of amides is 1. The number of benzene rings is 1. The predicted octanol–water partition coefficient (Wildman–Crippen LogP) is 2.94. The van der Waals surface area contributed by atoms with Gasteiger partial charge in [-0.2, -0.15) is 4.98 Å². The third-order valence-electron chi connectivity index (χ3n) is 7.16. The Labute approximate surface area is 223 Å². The molecule has 1 aromatic carbocycles. The molecule has 3 aliphatic heterocycles. The van der Waals surface area contributed by atoms with Gasteiger partial charge in [0.25, 0.3) is 5.91 Å². The Hall–Kier alpha value is -3.76. The van der Waals surface area contributed by atoms with E-state index in [0.29, 0.717) is 48.8 Å². The minimum atomic E-state index is -1.05. The van der Waals surface area contributed by atoms with Gasteiger partial charge in [0.2, 0.25) is 5.95 Å². The minimum Gasteiger partial charge on any atom is -0.384 e. The van der Waals surface area contributed by atoms with Crippen LogP contribution in [0, 0.1) is 0 Å². The number of dihydropyridines is 1. The first kappa shape index (κ1) is 25.9. The summed E-state index contributed by atoms with van der Waals surface area (Å²) >= 11 is 0. The van der Waals surface area contributed by atoms with E-state index < -0.39 is 5.60 Å². The first-order valence-electron chi connectivity index (χ1n) is 13.2. The van der Waals surface area contributed by atoms with Gasteiger partial charge in [0.15, 0.2) is 0 Å². The summed E-state index contributed by atoms with van der Waals surface area (Å²) in [5.74, 6) is 0.498. The van der Waals surface area contributed by atoms with E-state index in [0.717, 1.165) is 31.9 Å². The number of nitrogens with zero attached hydrogens (tertiary/aromatic N) is 5. The molecular formula is C28H36N8O2. The van der Waals surface area contributed by atoms with Crippen molar-refractivity contribution in [3.05, 3.63) is 60.3 Å².